The summed E-state index contributed by atoms with van der Waals surface area (Å²) in [5.41, 5.74) is 2.43. The van der Waals surface area contributed by atoms with Gasteiger partial charge in [-0.1, -0.05) is 6.07 Å². The highest BCUT2D eigenvalue weighted by Crippen LogP contribution is 2.19. The topological polar surface area (TPSA) is 49.3 Å². The lowest BCUT2D eigenvalue weighted by Gasteiger charge is -2.12. The number of hydrogen-bond donors (Lipinski definition) is 2. The van der Waals surface area contributed by atoms with Crippen LogP contribution in [-0.4, -0.2) is 23.8 Å². The third-order valence-corrected chi connectivity index (χ3v) is 4.50. The third kappa shape index (κ3) is 3.62. The van der Waals surface area contributed by atoms with Crippen LogP contribution in [0.5, 0.6) is 0 Å². The first-order valence-corrected chi connectivity index (χ1v) is 8.41. The van der Waals surface area contributed by atoms with E-state index < -0.39 is 6.10 Å². The van der Waals surface area contributed by atoms with Gasteiger partial charge in [0, 0.05) is 17.0 Å². The molecule has 5 heteroatoms. The molecule has 0 bridgehead atoms. The highest BCUT2D eigenvalue weighted by atomic mass is 32.2. The number of aryl methyl sites for hydroxylation is 1. The molecule has 1 amide bonds. The molecule has 0 radical (unpaired) electrons. The van der Waals surface area contributed by atoms with Crippen molar-refractivity contribution in [1.82, 2.24) is 5.32 Å². The van der Waals surface area contributed by atoms with E-state index in [1.807, 2.05) is 48.2 Å². The lowest BCUT2D eigenvalue weighted by atomic mass is 10.1. The van der Waals surface area contributed by atoms with E-state index in [0.29, 0.717) is 5.56 Å². The molecule has 2 N–H and O–H groups in total. The summed E-state index contributed by atoms with van der Waals surface area (Å²) in [6.45, 7) is 2.13. The summed E-state index contributed by atoms with van der Waals surface area (Å²) in [5, 5.41) is 16.5. The molecule has 106 valence electrons. The Morgan fingerprint density at radius 1 is 1.45 bits per heavy atom. The highest BCUT2D eigenvalue weighted by Gasteiger charge is 2.13. The number of aliphatic hydroxyl groups is 1. The molecule has 0 aliphatic rings. The highest BCUT2D eigenvalue weighted by molar-refractivity contribution is 7.98. The molecule has 20 heavy (non-hydrogen) atoms. The van der Waals surface area contributed by atoms with Crippen molar-refractivity contribution in [2.45, 2.75) is 17.9 Å². The van der Waals surface area contributed by atoms with Crippen LogP contribution in [0.2, 0.25) is 0 Å². The van der Waals surface area contributed by atoms with Crippen molar-refractivity contribution < 1.29 is 9.90 Å². The maximum absolute atomic E-state index is 12.2. The summed E-state index contributed by atoms with van der Waals surface area (Å²) >= 11 is 3.13. The molecule has 0 saturated heterocycles. The van der Waals surface area contributed by atoms with Crippen molar-refractivity contribution in [3.63, 3.8) is 0 Å². The number of carbonyl (C=O) groups is 1. The molecular formula is C15H17NO2S2. The van der Waals surface area contributed by atoms with Crippen LogP contribution in [0.25, 0.3) is 0 Å². The van der Waals surface area contributed by atoms with Gasteiger partial charge >= 0.3 is 0 Å². The number of carbonyl (C=O) groups excluding carboxylic acids is 1. The second-order valence-corrected chi connectivity index (χ2v) is 6.12. The van der Waals surface area contributed by atoms with Gasteiger partial charge < -0.3 is 10.4 Å². The predicted octanol–water partition coefficient (Wildman–Crippen LogP) is 3.24. The zero-order valence-electron chi connectivity index (χ0n) is 11.4. The van der Waals surface area contributed by atoms with Crippen molar-refractivity contribution in [2.75, 3.05) is 12.8 Å². The molecular weight excluding hydrogens is 290 g/mol. The smallest absolute Gasteiger partial charge is 0.251 e. The van der Waals surface area contributed by atoms with Crippen molar-refractivity contribution >= 4 is 29.0 Å². The van der Waals surface area contributed by atoms with Crippen LogP contribution >= 0.6 is 23.1 Å². The van der Waals surface area contributed by atoms with Crippen LogP contribution in [0, 0.1) is 6.92 Å². The van der Waals surface area contributed by atoms with E-state index in [2.05, 4.69) is 5.32 Å². The summed E-state index contributed by atoms with van der Waals surface area (Å²) < 4.78 is 0. The zero-order chi connectivity index (χ0) is 14.5. The van der Waals surface area contributed by atoms with Crippen LogP contribution in [0.3, 0.4) is 0 Å². The first-order chi connectivity index (χ1) is 9.61. The van der Waals surface area contributed by atoms with E-state index in [1.54, 1.807) is 11.8 Å². The van der Waals surface area contributed by atoms with Gasteiger partial charge in [-0.2, -0.15) is 11.3 Å². The number of thiophene rings is 1. The van der Waals surface area contributed by atoms with Crippen molar-refractivity contribution in [3.05, 3.63) is 51.7 Å². The van der Waals surface area contributed by atoms with E-state index >= 15 is 0 Å². The van der Waals surface area contributed by atoms with Crippen molar-refractivity contribution in [1.29, 1.82) is 0 Å². The SMILES string of the molecule is CSc1ccc(C)c(C(=O)NCC(O)c2ccsc2)c1. The Hall–Kier alpha value is -1.30. The fourth-order valence-corrected chi connectivity index (χ4v) is 2.99. The van der Waals surface area contributed by atoms with E-state index in [0.717, 1.165) is 16.0 Å². The average molecular weight is 307 g/mol. The molecule has 1 aromatic carbocycles. The molecule has 1 unspecified atom stereocenters. The molecule has 1 aromatic heterocycles. The Labute approximate surface area is 127 Å². The largest absolute Gasteiger partial charge is 0.387 e. The van der Waals surface area contributed by atoms with Crippen LogP contribution < -0.4 is 5.32 Å². The summed E-state index contributed by atoms with van der Waals surface area (Å²) in [6, 6.07) is 7.68. The quantitative estimate of drug-likeness (QED) is 0.834. The number of rotatable bonds is 5. The Morgan fingerprint density at radius 2 is 2.25 bits per heavy atom. The molecule has 0 spiro atoms. The maximum Gasteiger partial charge on any atom is 0.251 e. The lowest BCUT2D eigenvalue weighted by molar-refractivity contribution is 0.0915. The van der Waals surface area contributed by atoms with Gasteiger partial charge in [0.15, 0.2) is 0 Å². The van der Waals surface area contributed by atoms with Gasteiger partial charge in [0.2, 0.25) is 0 Å². The van der Waals surface area contributed by atoms with E-state index in [9.17, 15) is 9.90 Å². The van der Waals surface area contributed by atoms with Crippen molar-refractivity contribution in [2.24, 2.45) is 0 Å². The monoisotopic (exact) mass is 307 g/mol. The third-order valence-electron chi connectivity index (χ3n) is 3.07. The molecule has 3 nitrogen and oxygen atoms in total. The molecule has 2 aromatic rings. The van der Waals surface area contributed by atoms with E-state index in [-0.39, 0.29) is 12.5 Å². The first kappa shape index (κ1) is 15.1. The molecule has 2 rings (SSSR count). The van der Waals surface area contributed by atoms with Crippen LogP contribution in [-0.2, 0) is 0 Å². The minimum atomic E-state index is -0.658. The standard InChI is InChI=1S/C15H17NO2S2/c1-10-3-4-12(19-2)7-13(10)15(18)16-8-14(17)11-5-6-20-9-11/h3-7,9,14,17H,8H2,1-2H3,(H,16,18). The van der Waals surface area contributed by atoms with Crippen LogP contribution in [0.15, 0.2) is 39.9 Å². The predicted molar refractivity (Wildman–Crippen MR) is 84.6 cm³/mol. The van der Waals surface area contributed by atoms with Gasteiger partial charge in [-0.3, -0.25) is 4.79 Å². The fourth-order valence-electron chi connectivity index (χ4n) is 1.84. The molecule has 0 aliphatic carbocycles. The van der Waals surface area contributed by atoms with Crippen LogP contribution in [0.4, 0.5) is 0 Å². The normalized spacial score (nSPS) is 12.2. The van der Waals surface area contributed by atoms with Gasteiger partial charge in [0.1, 0.15) is 0 Å². The lowest BCUT2D eigenvalue weighted by Crippen LogP contribution is -2.28. The summed E-state index contributed by atoms with van der Waals surface area (Å²) in [7, 11) is 0. The number of nitrogens with one attached hydrogen (secondary N) is 1. The van der Waals surface area contributed by atoms with E-state index in [1.165, 1.54) is 11.3 Å². The van der Waals surface area contributed by atoms with Gasteiger partial charge in [-0.05, 0) is 53.3 Å². The number of thioether (sulfide) groups is 1. The Kier molecular flexibility index (Phi) is 5.23. The Bertz CT molecular complexity index is 582. The summed E-state index contributed by atoms with van der Waals surface area (Å²) in [4.78, 5) is 13.2. The molecule has 0 aliphatic heterocycles. The minimum absolute atomic E-state index is 0.146. The van der Waals surface area contributed by atoms with Gasteiger partial charge in [0.25, 0.3) is 5.91 Å². The van der Waals surface area contributed by atoms with Gasteiger partial charge in [-0.15, -0.1) is 11.8 Å². The van der Waals surface area contributed by atoms with Crippen LogP contribution in [0.1, 0.15) is 27.6 Å². The van der Waals surface area contributed by atoms with Gasteiger partial charge in [0.05, 0.1) is 6.10 Å². The van der Waals surface area contributed by atoms with Crippen molar-refractivity contribution in [3.8, 4) is 0 Å². The Morgan fingerprint density at radius 3 is 2.90 bits per heavy atom. The first-order valence-electron chi connectivity index (χ1n) is 6.25. The molecule has 0 fully saturated rings. The summed E-state index contributed by atoms with van der Waals surface area (Å²) in [6.07, 6.45) is 1.32. The number of amides is 1. The molecule has 0 saturated carbocycles. The maximum atomic E-state index is 12.2. The minimum Gasteiger partial charge on any atom is -0.387 e. The molecule has 1 atom stereocenters. The van der Waals surface area contributed by atoms with E-state index in [4.69, 9.17) is 0 Å². The summed E-state index contributed by atoms with van der Waals surface area (Å²) in [5.74, 6) is -0.146. The second kappa shape index (κ2) is 6.92. The number of hydrogen-bond acceptors (Lipinski definition) is 4. The second-order valence-electron chi connectivity index (χ2n) is 4.46. The number of benzene rings is 1. The Balaban J connectivity index is 2.01. The number of aliphatic hydroxyl groups excluding tert-OH is 1. The fraction of sp³-hybridized carbons (Fsp3) is 0.267. The molecule has 1 heterocycles. The average Bonchev–Trinajstić information content (AvgIpc) is 2.99. The van der Waals surface area contributed by atoms with Gasteiger partial charge in [-0.25, -0.2) is 0 Å². The zero-order valence-corrected chi connectivity index (χ0v) is 13.1.